The Labute approximate surface area is 123 Å². The Kier molecular flexibility index (Phi) is 3.41. The maximum Gasteiger partial charge on any atom is 0.310 e. The molecule has 2 heterocycles. The molecule has 1 aliphatic heterocycles. The predicted octanol–water partition coefficient (Wildman–Crippen LogP) is 2.19. The van der Waals surface area contributed by atoms with Gasteiger partial charge >= 0.3 is 5.97 Å². The molecule has 2 aromatic rings. The van der Waals surface area contributed by atoms with E-state index in [0.29, 0.717) is 6.54 Å². The van der Waals surface area contributed by atoms with Crippen LogP contribution >= 0.6 is 0 Å². The second kappa shape index (κ2) is 5.24. The Hall–Kier alpha value is -2.30. The van der Waals surface area contributed by atoms with Crippen LogP contribution in [0.5, 0.6) is 5.75 Å². The minimum atomic E-state index is -0.173. The number of aromatic hydroxyl groups is 1. The van der Waals surface area contributed by atoms with E-state index >= 15 is 0 Å². The van der Waals surface area contributed by atoms with E-state index in [9.17, 15) is 9.90 Å². The Bertz CT molecular complexity index is 686. The van der Waals surface area contributed by atoms with Gasteiger partial charge in [-0.15, -0.1) is 0 Å². The minimum Gasteiger partial charge on any atom is -0.508 e. The summed E-state index contributed by atoms with van der Waals surface area (Å²) >= 11 is 0. The molecule has 1 fully saturated rings. The summed E-state index contributed by atoms with van der Waals surface area (Å²) in [5, 5.41) is 11.6. The summed E-state index contributed by atoms with van der Waals surface area (Å²) in [6, 6.07) is 7.16. The average molecular weight is 286 g/mol. The van der Waals surface area contributed by atoms with Gasteiger partial charge < -0.3 is 14.7 Å². The van der Waals surface area contributed by atoms with Crippen LogP contribution in [0, 0.1) is 11.8 Å². The van der Waals surface area contributed by atoms with Crippen molar-refractivity contribution < 1.29 is 14.6 Å². The lowest BCUT2D eigenvalue weighted by Crippen LogP contribution is -2.24. The number of ether oxygens (including phenoxy) is 1. The van der Waals surface area contributed by atoms with Gasteiger partial charge in [-0.1, -0.05) is 13.0 Å². The molecule has 5 nitrogen and oxygen atoms in total. The highest BCUT2D eigenvalue weighted by molar-refractivity contribution is 5.93. The first kappa shape index (κ1) is 13.7. The van der Waals surface area contributed by atoms with E-state index in [-0.39, 0.29) is 23.6 Å². The highest BCUT2D eigenvalue weighted by atomic mass is 16.5. The van der Waals surface area contributed by atoms with Crippen LogP contribution in [0.1, 0.15) is 6.92 Å². The van der Waals surface area contributed by atoms with Crippen molar-refractivity contribution in [3.05, 3.63) is 30.5 Å². The lowest BCUT2D eigenvalue weighted by atomic mass is 9.99. The second-order valence-electron chi connectivity index (χ2n) is 5.55. The Morgan fingerprint density at radius 2 is 2.19 bits per heavy atom. The fraction of sp³-hybridized carbons (Fsp3) is 0.375. The van der Waals surface area contributed by atoms with Crippen molar-refractivity contribution in [3.63, 3.8) is 0 Å². The van der Waals surface area contributed by atoms with Crippen LogP contribution in [0.15, 0.2) is 30.5 Å². The van der Waals surface area contributed by atoms with E-state index in [1.165, 1.54) is 7.11 Å². The van der Waals surface area contributed by atoms with Crippen LogP contribution in [0.25, 0.3) is 10.8 Å². The summed E-state index contributed by atoms with van der Waals surface area (Å²) < 4.78 is 4.87. The van der Waals surface area contributed by atoms with E-state index in [2.05, 4.69) is 9.88 Å². The number of rotatable bonds is 2. The standard InChI is InChI=1S/C16H18N2O3/c1-10-8-18(9-14(10)16(20)21-2)15-13-7-12(19)4-3-11(13)5-6-17-15/h3-7,10,14,19H,8-9H2,1-2H3. The number of methoxy groups -OCH3 is 1. The topological polar surface area (TPSA) is 62.7 Å². The van der Waals surface area contributed by atoms with Gasteiger partial charge in [0.05, 0.1) is 13.0 Å². The molecule has 0 radical (unpaired) electrons. The molecule has 0 aliphatic carbocycles. The van der Waals surface area contributed by atoms with Gasteiger partial charge in [0.15, 0.2) is 0 Å². The molecule has 21 heavy (non-hydrogen) atoms. The molecule has 0 spiro atoms. The molecule has 2 atom stereocenters. The fourth-order valence-electron chi connectivity index (χ4n) is 2.99. The lowest BCUT2D eigenvalue weighted by Gasteiger charge is -2.19. The summed E-state index contributed by atoms with van der Waals surface area (Å²) in [5.41, 5.74) is 0. The normalized spacial score (nSPS) is 21.7. The van der Waals surface area contributed by atoms with Crippen LogP contribution in [0.3, 0.4) is 0 Å². The van der Waals surface area contributed by atoms with Gasteiger partial charge in [-0.05, 0) is 29.5 Å². The first-order valence-corrected chi connectivity index (χ1v) is 7.00. The zero-order chi connectivity index (χ0) is 15.0. The second-order valence-corrected chi connectivity index (χ2v) is 5.55. The van der Waals surface area contributed by atoms with Crippen LogP contribution in [-0.4, -0.2) is 36.3 Å². The van der Waals surface area contributed by atoms with E-state index in [1.807, 2.05) is 19.1 Å². The third kappa shape index (κ3) is 2.39. The number of hydrogen-bond donors (Lipinski definition) is 1. The van der Waals surface area contributed by atoms with Crippen LogP contribution in [-0.2, 0) is 9.53 Å². The van der Waals surface area contributed by atoms with Crippen molar-refractivity contribution >= 4 is 22.6 Å². The summed E-state index contributed by atoms with van der Waals surface area (Å²) in [4.78, 5) is 18.3. The number of nitrogens with zero attached hydrogens (tertiary/aromatic N) is 2. The lowest BCUT2D eigenvalue weighted by molar-refractivity contribution is -0.145. The molecule has 0 bridgehead atoms. The molecular formula is C16H18N2O3. The van der Waals surface area contributed by atoms with Crippen molar-refractivity contribution in [1.29, 1.82) is 0 Å². The number of aromatic nitrogens is 1. The Morgan fingerprint density at radius 3 is 2.95 bits per heavy atom. The number of anilines is 1. The molecule has 1 N–H and O–H groups in total. The summed E-state index contributed by atoms with van der Waals surface area (Å²) in [7, 11) is 1.42. The number of hydrogen-bond acceptors (Lipinski definition) is 5. The first-order chi connectivity index (χ1) is 10.1. The molecule has 1 aromatic carbocycles. The van der Waals surface area contributed by atoms with Gasteiger partial charge in [0.2, 0.25) is 0 Å². The molecular weight excluding hydrogens is 268 g/mol. The van der Waals surface area contributed by atoms with Crippen LogP contribution in [0.4, 0.5) is 5.82 Å². The average Bonchev–Trinajstić information content (AvgIpc) is 2.87. The largest absolute Gasteiger partial charge is 0.508 e. The predicted molar refractivity (Wildman–Crippen MR) is 80.3 cm³/mol. The third-order valence-corrected chi connectivity index (χ3v) is 4.14. The SMILES string of the molecule is COC(=O)C1CN(c2nccc3ccc(O)cc23)CC1C. The number of pyridine rings is 1. The van der Waals surface area contributed by atoms with E-state index < -0.39 is 0 Å². The number of esters is 1. The fourth-order valence-corrected chi connectivity index (χ4v) is 2.99. The number of phenolic OH excluding ortho intramolecular Hbond substituents is 1. The molecule has 110 valence electrons. The molecule has 5 heteroatoms. The number of benzene rings is 1. The molecule has 0 amide bonds. The highest BCUT2D eigenvalue weighted by Crippen LogP contribution is 2.33. The van der Waals surface area contributed by atoms with Crippen molar-refractivity contribution in [1.82, 2.24) is 4.98 Å². The number of carbonyl (C=O) groups excluding carboxylic acids is 1. The first-order valence-electron chi connectivity index (χ1n) is 7.00. The third-order valence-electron chi connectivity index (χ3n) is 4.14. The minimum absolute atomic E-state index is 0.135. The zero-order valence-electron chi connectivity index (χ0n) is 12.1. The molecule has 1 saturated heterocycles. The van der Waals surface area contributed by atoms with E-state index in [4.69, 9.17) is 4.74 Å². The number of carbonyl (C=O) groups is 1. The van der Waals surface area contributed by atoms with Crippen molar-refractivity contribution in [2.45, 2.75) is 6.92 Å². The van der Waals surface area contributed by atoms with Gasteiger partial charge in [-0.25, -0.2) is 4.98 Å². The quantitative estimate of drug-likeness (QED) is 0.857. The molecule has 1 aromatic heterocycles. The summed E-state index contributed by atoms with van der Waals surface area (Å²) in [6.45, 7) is 3.39. The molecule has 3 rings (SSSR count). The van der Waals surface area contributed by atoms with Crippen molar-refractivity contribution in [2.75, 3.05) is 25.1 Å². The summed E-state index contributed by atoms with van der Waals surface area (Å²) in [5.74, 6) is 0.930. The van der Waals surface area contributed by atoms with E-state index in [1.54, 1.807) is 18.3 Å². The van der Waals surface area contributed by atoms with Crippen molar-refractivity contribution in [2.24, 2.45) is 11.8 Å². The van der Waals surface area contributed by atoms with Gasteiger partial charge in [0.1, 0.15) is 11.6 Å². The maximum atomic E-state index is 11.8. The maximum absolute atomic E-state index is 11.8. The van der Waals surface area contributed by atoms with Gasteiger partial charge in [-0.3, -0.25) is 4.79 Å². The van der Waals surface area contributed by atoms with E-state index in [0.717, 1.165) is 23.1 Å². The molecule has 0 saturated carbocycles. The smallest absolute Gasteiger partial charge is 0.310 e. The number of fused-ring (bicyclic) bond motifs is 1. The summed E-state index contributed by atoms with van der Waals surface area (Å²) in [6.07, 6.45) is 1.75. The highest BCUT2D eigenvalue weighted by Gasteiger charge is 2.36. The molecule has 1 aliphatic rings. The number of phenols is 1. The van der Waals surface area contributed by atoms with Gasteiger partial charge in [0.25, 0.3) is 0 Å². The molecule has 2 unspecified atom stereocenters. The monoisotopic (exact) mass is 286 g/mol. The van der Waals surface area contributed by atoms with Gasteiger partial charge in [-0.2, -0.15) is 0 Å². The van der Waals surface area contributed by atoms with Crippen molar-refractivity contribution in [3.8, 4) is 5.75 Å². The zero-order valence-corrected chi connectivity index (χ0v) is 12.1. The van der Waals surface area contributed by atoms with Gasteiger partial charge in [0, 0.05) is 24.7 Å². The Balaban J connectivity index is 1.98. The Morgan fingerprint density at radius 1 is 1.38 bits per heavy atom. The van der Waals surface area contributed by atoms with Crippen LogP contribution in [0.2, 0.25) is 0 Å². The van der Waals surface area contributed by atoms with Crippen LogP contribution < -0.4 is 4.90 Å².